The highest BCUT2D eigenvalue weighted by Gasteiger charge is 2.33. The van der Waals surface area contributed by atoms with Crippen LogP contribution in [-0.4, -0.2) is 50.3 Å². The molecular weight excluding hydrogens is 522 g/mol. The van der Waals surface area contributed by atoms with Gasteiger partial charge in [-0.05, 0) is 68.7 Å². The molecule has 202 valence electrons. The van der Waals surface area contributed by atoms with Crippen molar-refractivity contribution in [3.05, 3.63) is 95.5 Å². The predicted octanol–water partition coefficient (Wildman–Crippen LogP) is 4.91. The van der Waals surface area contributed by atoms with Gasteiger partial charge in [0.25, 0.3) is 10.0 Å². The summed E-state index contributed by atoms with van der Waals surface area (Å²) in [6.07, 6.45) is 0.899. The van der Waals surface area contributed by atoms with Gasteiger partial charge in [0, 0.05) is 17.6 Å². The van der Waals surface area contributed by atoms with E-state index < -0.39 is 28.5 Å². The van der Waals surface area contributed by atoms with E-state index in [1.54, 1.807) is 42.5 Å². The Bertz CT molecular complexity index is 1300. The van der Waals surface area contributed by atoms with Crippen LogP contribution in [0.4, 0.5) is 5.69 Å². The molecule has 9 heteroatoms. The zero-order valence-electron chi connectivity index (χ0n) is 21.9. The van der Waals surface area contributed by atoms with Crippen molar-refractivity contribution in [1.82, 2.24) is 10.2 Å². The Kier molecular flexibility index (Phi) is 10.3. The number of benzene rings is 3. The second kappa shape index (κ2) is 13.4. The first-order valence-corrected chi connectivity index (χ1v) is 14.4. The van der Waals surface area contributed by atoms with Crippen molar-refractivity contribution in [2.75, 3.05) is 17.4 Å². The third-order valence-corrected chi connectivity index (χ3v) is 8.07. The molecule has 0 fully saturated rings. The molecular formula is C29H34ClN3O4S. The van der Waals surface area contributed by atoms with Crippen molar-refractivity contribution in [3.8, 4) is 0 Å². The maximum absolute atomic E-state index is 13.9. The monoisotopic (exact) mass is 555 g/mol. The molecule has 1 N–H and O–H groups in total. The number of carbonyl (C=O) groups is 2. The molecule has 2 amide bonds. The van der Waals surface area contributed by atoms with Crippen molar-refractivity contribution >= 4 is 39.1 Å². The van der Waals surface area contributed by atoms with Gasteiger partial charge in [-0.1, -0.05) is 67.1 Å². The fourth-order valence-corrected chi connectivity index (χ4v) is 5.69. The standard InChI is InChI=1S/C29H34ClN3O4S/c1-4-27(29(35)31-22(2)3)32(20-19-23-11-7-5-8-12-23)28(34)21-33(25-17-15-24(30)16-18-25)38(36,37)26-13-9-6-10-14-26/h5-18,22,27H,4,19-21H2,1-3H3,(H,31,35)/t27-/m1/s1. The summed E-state index contributed by atoms with van der Waals surface area (Å²) in [5, 5.41) is 3.34. The number of halogens is 1. The lowest BCUT2D eigenvalue weighted by atomic mass is 10.1. The van der Waals surface area contributed by atoms with Gasteiger partial charge in [0.2, 0.25) is 11.8 Å². The first-order chi connectivity index (χ1) is 18.1. The number of nitrogens with one attached hydrogen (secondary N) is 1. The summed E-state index contributed by atoms with van der Waals surface area (Å²) in [6.45, 7) is 5.34. The number of amides is 2. The van der Waals surface area contributed by atoms with Gasteiger partial charge in [0.05, 0.1) is 10.6 Å². The number of carbonyl (C=O) groups excluding carboxylic acids is 2. The molecule has 3 rings (SSSR count). The fourth-order valence-electron chi connectivity index (χ4n) is 4.13. The Balaban J connectivity index is 1.99. The maximum atomic E-state index is 13.9. The molecule has 0 aromatic heterocycles. The molecule has 0 bridgehead atoms. The molecule has 0 radical (unpaired) electrons. The van der Waals surface area contributed by atoms with E-state index in [0.29, 0.717) is 23.6 Å². The van der Waals surface area contributed by atoms with E-state index in [4.69, 9.17) is 11.6 Å². The molecule has 38 heavy (non-hydrogen) atoms. The average molecular weight is 556 g/mol. The van der Waals surface area contributed by atoms with Crippen molar-refractivity contribution in [1.29, 1.82) is 0 Å². The number of rotatable bonds is 12. The molecule has 3 aromatic rings. The van der Waals surface area contributed by atoms with Gasteiger partial charge in [0.1, 0.15) is 12.6 Å². The SMILES string of the molecule is CC[C@H](C(=O)NC(C)C)N(CCc1ccccc1)C(=O)CN(c1ccc(Cl)cc1)S(=O)(=O)c1ccccc1. The fraction of sp³-hybridized carbons (Fsp3) is 0.310. The minimum atomic E-state index is -4.09. The van der Waals surface area contributed by atoms with E-state index in [0.717, 1.165) is 9.87 Å². The van der Waals surface area contributed by atoms with Crippen molar-refractivity contribution in [3.63, 3.8) is 0 Å². The summed E-state index contributed by atoms with van der Waals surface area (Å²) in [5.41, 5.74) is 1.31. The van der Waals surface area contributed by atoms with Gasteiger partial charge in [0.15, 0.2) is 0 Å². The molecule has 3 aromatic carbocycles. The van der Waals surface area contributed by atoms with Gasteiger partial charge >= 0.3 is 0 Å². The van der Waals surface area contributed by atoms with Crippen LogP contribution in [-0.2, 0) is 26.0 Å². The van der Waals surface area contributed by atoms with Crippen LogP contribution < -0.4 is 9.62 Å². The van der Waals surface area contributed by atoms with E-state index in [1.807, 2.05) is 51.1 Å². The summed E-state index contributed by atoms with van der Waals surface area (Å²) >= 11 is 6.05. The average Bonchev–Trinajstić information content (AvgIpc) is 2.90. The molecule has 1 atom stereocenters. The van der Waals surface area contributed by atoms with Crippen LogP contribution >= 0.6 is 11.6 Å². The molecule has 7 nitrogen and oxygen atoms in total. The van der Waals surface area contributed by atoms with E-state index in [9.17, 15) is 18.0 Å². The van der Waals surface area contributed by atoms with E-state index in [1.165, 1.54) is 17.0 Å². The highest BCUT2D eigenvalue weighted by atomic mass is 35.5. The molecule has 0 unspecified atom stereocenters. The number of hydrogen-bond acceptors (Lipinski definition) is 4. The van der Waals surface area contributed by atoms with Gasteiger partial charge in [-0.25, -0.2) is 8.42 Å². The number of anilines is 1. The van der Waals surface area contributed by atoms with E-state index >= 15 is 0 Å². The van der Waals surface area contributed by atoms with Crippen molar-refractivity contribution in [2.45, 2.75) is 50.6 Å². The largest absolute Gasteiger partial charge is 0.352 e. The van der Waals surface area contributed by atoms with Crippen LogP contribution in [0.5, 0.6) is 0 Å². The number of hydrogen-bond donors (Lipinski definition) is 1. The summed E-state index contributed by atoms with van der Waals surface area (Å²) in [7, 11) is -4.09. The summed E-state index contributed by atoms with van der Waals surface area (Å²) < 4.78 is 28.5. The van der Waals surface area contributed by atoms with Crippen LogP contribution in [0, 0.1) is 0 Å². The molecule has 0 aliphatic heterocycles. The van der Waals surface area contributed by atoms with Crippen LogP contribution in [0.3, 0.4) is 0 Å². The van der Waals surface area contributed by atoms with Crippen LogP contribution in [0.25, 0.3) is 0 Å². The third-order valence-electron chi connectivity index (χ3n) is 6.03. The Morgan fingerprint density at radius 2 is 1.47 bits per heavy atom. The van der Waals surface area contributed by atoms with Gasteiger partial charge < -0.3 is 10.2 Å². The van der Waals surface area contributed by atoms with E-state index in [2.05, 4.69) is 5.32 Å². The topological polar surface area (TPSA) is 86.8 Å². The minimum Gasteiger partial charge on any atom is -0.352 e. The molecule has 0 heterocycles. The highest BCUT2D eigenvalue weighted by molar-refractivity contribution is 7.92. The molecule has 0 aliphatic rings. The van der Waals surface area contributed by atoms with Crippen molar-refractivity contribution < 1.29 is 18.0 Å². The van der Waals surface area contributed by atoms with Crippen LogP contribution in [0.15, 0.2) is 89.8 Å². The Labute approximate surface area is 230 Å². The zero-order chi connectivity index (χ0) is 27.7. The van der Waals surface area contributed by atoms with Crippen LogP contribution in [0.2, 0.25) is 5.02 Å². The maximum Gasteiger partial charge on any atom is 0.264 e. The Morgan fingerprint density at radius 1 is 0.895 bits per heavy atom. The highest BCUT2D eigenvalue weighted by Crippen LogP contribution is 2.26. The third kappa shape index (κ3) is 7.58. The number of nitrogens with zero attached hydrogens (tertiary/aromatic N) is 2. The first-order valence-electron chi connectivity index (χ1n) is 12.6. The summed E-state index contributed by atoms with van der Waals surface area (Å²) in [5.74, 6) is -0.742. The molecule has 0 spiro atoms. The summed E-state index contributed by atoms with van der Waals surface area (Å²) in [6, 6.07) is 23.0. The van der Waals surface area contributed by atoms with Crippen LogP contribution in [0.1, 0.15) is 32.8 Å². The van der Waals surface area contributed by atoms with Gasteiger partial charge in [-0.2, -0.15) is 0 Å². The molecule has 0 saturated heterocycles. The normalized spacial score (nSPS) is 12.1. The smallest absolute Gasteiger partial charge is 0.264 e. The van der Waals surface area contributed by atoms with Gasteiger partial charge in [-0.3, -0.25) is 13.9 Å². The second-order valence-electron chi connectivity index (χ2n) is 9.21. The Morgan fingerprint density at radius 3 is 2.03 bits per heavy atom. The second-order valence-corrected chi connectivity index (χ2v) is 11.5. The van der Waals surface area contributed by atoms with Gasteiger partial charge in [-0.15, -0.1) is 0 Å². The Hall–Kier alpha value is -3.36. The van der Waals surface area contributed by atoms with Crippen molar-refractivity contribution in [2.24, 2.45) is 0 Å². The lowest BCUT2D eigenvalue weighted by Crippen LogP contribution is -2.54. The lowest BCUT2D eigenvalue weighted by molar-refractivity contribution is -0.139. The lowest BCUT2D eigenvalue weighted by Gasteiger charge is -2.33. The van der Waals surface area contributed by atoms with E-state index in [-0.39, 0.29) is 23.4 Å². The first kappa shape index (κ1) is 29.2. The zero-order valence-corrected chi connectivity index (χ0v) is 23.5. The molecule has 0 saturated carbocycles. The molecule has 0 aliphatic carbocycles. The number of sulfonamides is 1. The minimum absolute atomic E-state index is 0.0585. The summed E-state index contributed by atoms with van der Waals surface area (Å²) in [4.78, 5) is 28.6. The predicted molar refractivity (Wildman–Crippen MR) is 152 cm³/mol. The quantitative estimate of drug-likeness (QED) is 0.344.